The van der Waals surface area contributed by atoms with Crippen LogP contribution < -0.4 is 9.80 Å². The van der Waals surface area contributed by atoms with E-state index >= 15 is 0 Å². The highest BCUT2D eigenvalue weighted by molar-refractivity contribution is 6.03. The van der Waals surface area contributed by atoms with E-state index in [2.05, 4.69) is 223 Å². The van der Waals surface area contributed by atoms with Gasteiger partial charge in [-0.2, -0.15) is 10.5 Å². The van der Waals surface area contributed by atoms with Crippen molar-refractivity contribution in [2.45, 2.75) is 91.9 Å². The van der Waals surface area contributed by atoms with E-state index in [1.54, 1.807) is 0 Å². The predicted molar refractivity (Wildman–Crippen MR) is 293 cm³/mol. The molecule has 0 aliphatic heterocycles. The van der Waals surface area contributed by atoms with E-state index in [4.69, 9.17) is 0 Å². The molecule has 0 fully saturated rings. The number of benzene rings is 8. The second-order valence-corrected chi connectivity index (χ2v) is 19.6. The van der Waals surface area contributed by atoms with Crippen LogP contribution in [0, 0.1) is 50.4 Å². The van der Waals surface area contributed by atoms with Crippen molar-refractivity contribution >= 4 is 45.3 Å². The lowest BCUT2D eigenvalue weighted by atomic mass is 9.74. The van der Waals surface area contributed by atoms with Gasteiger partial charge in [0.25, 0.3) is 0 Å². The summed E-state index contributed by atoms with van der Waals surface area (Å²) in [6.45, 7) is 17.8. The Hall–Kier alpha value is -7.92. The van der Waals surface area contributed by atoms with Crippen LogP contribution in [0.2, 0.25) is 0 Å². The summed E-state index contributed by atoms with van der Waals surface area (Å²) in [7, 11) is 0. The van der Waals surface area contributed by atoms with Crippen molar-refractivity contribution in [1.29, 1.82) is 10.5 Å². The second-order valence-electron chi connectivity index (χ2n) is 19.6. The van der Waals surface area contributed by atoms with Crippen LogP contribution in [0.4, 0.5) is 34.1 Å². The maximum absolute atomic E-state index is 10.8. The van der Waals surface area contributed by atoms with Gasteiger partial charge >= 0.3 is 0 Å². The average Bonchev–Trinajstić information content (AvgIpc) is 3.82. The molecule has 0 N–H and O–H groups in total. The second kappa shape index (κ2) is 18.2. The molecule has 0 spiro atoms. The summed E-state index contributed by atoms with van der Waals surface area (Å²) >= 11 is 0. The molecular weight excluding hydrogens is 849 g/mol. The van der Waals surface area contributed by atoms with E-state index in [0.29, 0.717) is 22.3 Å². The Morgan fingerprint density at radius 1 is 0.357 bits per heavy atom. The Kier molecular flexibility index (Phi) is 11.9. The van der Waals surface area contributed by atoms with E-state index in [9.17, 15) is 10.5 Å². The van der Waals surface area contributed by atoms with Crippen molar-refractivity contribution in [2.24, 2.45) is 0 Å². The summed E-state index contributed by atoms with van der Waals surface area (Å²) in [5.74, 6) is 0. The SMILES string of the molecule is CCC1(CC)c2ccccc2-c2ccc(N(c3ccc(/C(C#N)=C(\C#N)c4ccc(N(c5cc(C)cc(C)c5)c5ccc6c(c5)C(CC)(CC)c5ccccc5-6)cc4)cc3)c3cc(C)cc(C)c3)cc21. The van der Waals surface area contributed by atoms with E-state index in [0.717, 1.165) is 59.8 Å². The fourth-order valence-corrected chi connectivity index (χ4v) is 12.3. The normalized spacial score (nSPS) is 13.8. The molecule has 0 radical (unpaired) electrons. The number of fused-ring (bicyclic) bond motifs is 6. The van der Waals surface area contributed by atoms with Crippen molar-refractivity contribution in [2.75, 3.05) is 9.80 Å². The van der Waals surface area contributed by atoms with Crippen molar-refractivity contribution in [3.05, 3.63) is 225 Å². The summed E-state index contributed by atoms with van der Waals surface area (Å²) in [6, 6.07) is 66.2. The minimum Gasteiger partial charge on any atom is -0.310 e. The molecule has 0 bridgehead atoms. The topological polar surface area (TPSA) is 54.1 Å². The molecule has 4 nitrogen and oxygen atoms in total. The average molecular weight is 909 g/mol. The highest BCUT2D eigenvalue weighted by atomic mass is 15.1. The van der Waals surface area contributed by atoms with Gasteiger partial charge < -0.3 is 9.80 Å². The Morgan fingerprint density at radius 2 is 0.671 bits per heavy atom. The van der Waals surface area contributed by atoms with E-state index < -0.39 is 0 Å². The Balaban J connectivity index is 1.03. The first-order chi connectivity index (χ1) is 34.0. The first kappa shape index (κ1) is 45.8. The lowest BCUT2D eigenvalue weighted by Crippen LogP contribution is -2.23. The van der Waals surface area contributed by atoms with Gasteiger partial charge in [-0.3, -0.25) is 0 Å². The van der Waals surface area contributed by atoms with Gasteiger partial charge in [-0.15, -0.1) is 0 Å². The molecular formula is C66H60N4. The Bertz CT molecular complexity index is 3170. The third-order valence-corrected chi connectivity index (χ3v) is 15.7. The van der Waals surface area contributed by atoms with E-state index in [1.165, 1.54) is 66.8 Å². The molecule has 0 heterocycles. The molecule has 2 aliphatic carbocycles. The molecule has 2 aliphatic rings. The van der Waals surface area contributed by atoms with Gasteiger partial charge in [0, 0.05) is 45.0 Å². The third-order valence-electron chi connectivity index (χ3n) is 15.7. The van der Waals surface area contributed by atoms with E-state index in [-0.39, 0.29) is 10.8 Å². The molecule has 0 saturated carbocycles. The van der Waals surface area contributed by atoms with E-state index in [1.807, 2.05) is 24.3 Å². The predicted octanol–water partition coefficient (Wildman–Crippen LogP) is 18.0. The largest absolute Gasteiger partial charge is 0.310 e. The summed E-state index contributed by atoms with van der Waals surface area (Å²) in [4.78, 5) is 4.66. The summed E-state index contributed by atoms with van der Waals surface area (Å²) in [5.41, 5.74) is 23.8. The van der Waals surface area contributed by atoms with Crippen LogP contribution in [-0.2, 0) is 10.8 Å². The monoisotopic (exact) mass is 908 g/mol. The maximum Gasteiger partial charge on any atom is 0.101 e. The van der Waals surface area contributed by atoms with Crippen LogP contribution in [-0.4, -0.2) is 0 Å². The standard InChI is InChI=1S/C66H60N4/c1-9-65(10-2)61-19-15-13-17-55(61)57-31-29-51(39-63(57)65)69(53-35-43(5)33-44(6)36-53)49-25-21-47(22-26-49)59(41-67)60(42-68)48-23-27-50(28-24-48)70(54-37-45(7)34-46(8)38-54)52-30-32-58-56-18-14-16-20-62(56)66(11-3,12-4)64(58)40-52/h13-40H,9-12H2,1-8H3/b60-59+. The first-order valence-corrected chi connectivity index (χ1v) is 25.0. The van der Waals surface area contributed by atoms with Crippen molar-refractivity contribution in [1.82, 2.24) is 0 Å². The summed E-state index contributed by atoms with van der Waals surface area (Å²) < 4.78 is 0. The van der Waals surface area contributed by atoms with Gasteiger partial charge in [0.1, 0.15) is 12.1 Å². The van der Waals surface area contributed by atoms with Gasteiger partial charge in [0.15, 0.2) is 0 Å². The van der Waals surface area contributed by atoms with Gasteiger partial charge in [-0.25, -0.2) is 0 Å². The molecule has 8 aromatic carbocycles. The molecule has 10 rings (SSSR count). The number of anilines is 6. The molecule has 0 saturated heterocycles. The molecule has 0 aromatic heterocycles. The van der Waals surface area contributed by atoms with Gasteiger partial charge in [0.2, 0.25) is 0 Å². The zero-order chi connectivity index (χ0) is 48.9. The number of allylic oxidation sites excluding steroid dienone is 2. The maximum atomic E-state index is 10.8. The number of hydrogen-bond donors (Lipinski definition) is 0. The third kappa shape index (κ3) is 7.42. The molecule has 344 valence electrons. The minimum absolute atomic E-state index is 0.0680. The zero-order valence-electron chi connectivity index (χ0n) is 41.8. The number of nitriles is 2. The molecule has 4 heteroatoms. The van der Waals surface area contributed by atoms with Crippen molar-refractivity contribution < 1.29 is 0 Å². The van der Waals surface area contributed by atoms with Crippen LogP contribution in [0.15, 0.2) is 170 Å². The van der Waals surface area contributed by atoms with Crippen LogP contribution in [0.5, 0.6) is 0 Å². The number of nitrogens with zero attached hydrogens (tertiary/aromatic N) is 4. The smallest absolute Gasteiger partial charge is 0.101 e. The quantitative estimate of drug-likeness (QED) is 0.0905. The number of rotatable bonds is 12. The molecule has 70 heavy (non-hydrogen) atoms. The zero-order valence-corrected chi connectivity index (χ0v) is 41.8. The summed E-state index contributed by atoms with van der Waals surface area (Å²) in [5, 5.41) is 21.7. The molecule has 0 amide bonds. The molecule has 8 aromatic rings. The number of hydrogen-bond acceptors (Lipinski definition) is 4. The number of aryl methyl sites for hydroxylation is 4. The van der Waals surface area contributed by atoms with Gasteiger partial charge in [-0.05, 0) is 204 Å². The fraction of sp³-hybridized carbons (Fsp3) is 0.212. The fourth-order valence-electron chi connectivity index (χ4n) is 12.3. The highest BCUT2D eigenvalue weighted by Gasteiger charge is 2.42. The summed E-state index contributed by atoms with van der Waals surface area (Å²) in [6.07, 6.45) is 4.04. The van der Waals surface area contributed by atoms with Crippen LogP contribution in [0.1, 0.15) is 109 Å². The van der Waals surface area contributed by atoms with Crippen LogP contribution in [0.3, 0.4) is 0 Å². The lowest BCUT2D eigenvalue weighted by Gasteiger charge is -2.32. The van der Waals surface area contributed by atoms with Crippen LogP contribution >= 0.6 is 0 Å². The van der Waals surface area contributed by atoms with Gasteiger partial charge in [0.05, 0.1) is 11.1 Å². The van der Waals surface area contributed by atoms with Crippen LogP contribution in [0.25, 0.3) is 33.4 Å². The Morgan fingerprint density at radius 3 is 1.00 bits per heavy atom. The van der Waals surface area contributed by atoms with Crippen molar-refractivity contribution in [3.8, 4) is 34.4 Å². The first-order valence-electron chi connectivity index (χ1n) is 25.0. The van der Waals surface area contributed by atoms with Gasteiger partial charge in [-0.1, -0.05) is 125 Å². The van der Waals surface area contributed by atoms with Crippen molar-refractivity contribution in [3.63, 3.8) is 0 Å². The molecule has 0 unspecified atom stereocenters. The highest BCUT2D eigenvalue weighted by Crippen LogP contribution is 2.56. The minimum atomic E-state index is -0.0680. The molecule has 0 atom stereocenters. The Labute approximate surface area is 415 Å². The lowest BCUT2D eigenvalue weighted by molar-refractivity contribution is 0.490.